The predicted molar refractivity (Wildman–Crippen MR) is 112 cm³/mol. The maximum atomic E-state index is 13.0. The number of rotatable bonds is 5. The molecule has 0 atom stereocenters. The van der Waals surface area contributed by atoms with Crippen LogP contribution in [-0.4, -0.2) is 30.2 Å². The summed E-state index contributed by atoms with van der Waals surface area (Å²) in [6.45, 7) is 2.69. The number of hydrogen-bond acceptors (Lipinski definition) is 6. The minimum atomic E-state index is -3.55. The molecule has 1 N–H and O–H groups in total. The lowest BCUT2D eigenvalue weighted by Gasteiger charge is -2.25. The van der Waals surface area contributed by atoms with Crippen LogP contribution in [0.25, 0.3) is 0 Å². The van der Waals surface area contributed by atoms with E-state index in [1.165, 1.54) is 27.0 Å². The summed E-state index contributed by atoms with van der Waals surface area (Å²) in [7, 11) is -3.55. The standard InChI is InChI=1S/C19H19N3O3S3/c1-2-13-3-5-15(6-4-13)28(24,25)22-9-7-16-17(11-22)27-19(20-16)21-18(23)14-8-10-26-12-14/h3-6,8,10,12H,2,7,9,11H2,1H3,(H,20,21,23). The first-order chi connectivity index (χ1) is 13.5. The van der Waals surface area contributed by atoms with Crippen molar-refractivity contribution in [3.05, 3.63) is 62.8 Å². The monoisotopic (exact) mass is 433 g/mol. The summed E-state index contributed by atoms with van der Waals surface area (Å²) in [6.07, 6.45) is 1.40. The molecule has 0 fully saturated rings. The summed E-state index contributed by atoms with van der Waals surface area (Å²) in [5.74, 6) is -0.201. The molecule has 4 rings (SSSR count). The van der Waals surface area contributed by atoms with E-state index in [1.807, 2.05) is 24.4 Å². The van der Waals surface area contributed by atoms with Gasteiger partial charge in [0.05, 0.1) is 22.7 Å². The van der Waals surface area contributed by atoms with Crippen LogP contribution in [0.4, 0.5) is 5.13 Å². The summed E-state index contributed by atoms with van der Waals surface area (Å²) >= 11 is 2.79. The molecular weight excluding hydrogens is 414 g/mol. The molecule has 0 radical (unpaired) electrons. The van der Waals surface area contributed by atoms with Crippen molar-refractivity contribution in [2.24, 2.45) is 0 Å². The van der Waals surface area contributed by atoms with E-state index in [1.54, 1.807) is 23.6 Å². The number of nitrogens with one attached hydrogen (secondary N) is 1. The zero-order valence-electron chi connectivity index (χ0n) is 15.2. The molecule has 9 heteroatoms. The molecule has 0 aliphatic carbocycles. The summed E-state index contributed by atoms with van der Waals surface area (Å²) in [5, 5.41) is 6.94. The van der Waals surface area contributed by atoms with Crippen molar-refractivity contribution >= 4 is 43.7 Å². The second-order valence-corrected chi connectivity index (χ2v) is 10.2. The van der Waals surface area contributed by atoms with E-state index in [0.29, 0.717) is 28.6 Å². The molecule has 1 aliphatic heterocycles. The maximum Gasteiger partial charge on any atom is 0.258 e. The molecule has 0 saturated heterocycles. The number of aromatic nitrogens is 1. The van der Waals surface area contributed by atoms with Crippen molar-refractivity contribution in [3.8, 4) is 0 Å². The molecule has 2 aromatic heterocycles. The Balaban J connectivity index is 1.51. The van der Waals surface area contributed by atoms with Crippen molar-refractivity contribution < 1.29 is 13.2 Å². The van der Waals surface area contributed by atoms with Gasteiger partial charge in [-0.1, -0.05) is 19.1 Å². The number of anilines is 1. The Morgan fingerprint density at radius 3 is 2.71 bits per heavy atom. The molecule has 1 aliphatic rings. The van der Waals surface area contributed by atoms with Crippen LogP contribution >= 0.6 is 22.7 Å². The lowest BCUT2D eigenvalue weighted by molar-refractivity contribution is 0.102. The Kier molecular flexibility index (Phi) is 5.33. The predicted octanol–water partition coefficient (Wildman–Crippen LogP) is 3.77. The van der Waals surface area contributed by atoms with Crippen LogP contribution in [0, 0.1) is 0 Å². The number of nitrogens with zero attached hydrogens (tertiary/aromatic N) is 2. The molecule has 0 unspecified atom stereocenters. The van der Waals surface area contributed by atoms with E-state index in [-0.39, 0.29) is 12.5 Å². The number of thiazole rings is 1. The summed E-state index contributed by atoms with van der Waals surface area (Å²) in [4.78, 5) is 17.9. The second-order valence-electron chi connectivity index (χ2n) is 6.44. The number of thiophene rings is 1. The van der Waals surface area contributed by atoms with Crippen molar-refractivity contribution in [1.29, 1.82) is 0 Å². The van der Waals surface area contributed by atoms with E-state index in [4.69, 9.17) is 0 Å². The summed E-state index contributed by atoms with van der Waals surface area (Å²) in [5.41, 5.74) is 2.56. The first-order valence-corrected chi connectivity index (χ1v) is 12.1. The molecule has 6 nitrogen and oxygen atoms in total. The number of carbonyl (C=O) groups is 1. The topological polar surface area (TPSA) is 79.4 Å². The van der Waals surface area contributed by atoms with E-state index >= 15 is 0 Å². The smallest absolute Gasteiger partial charge is 0.258 e. The summed E-state index contributed by atoms with van der Waals surface area (Å²) < 4.78 is 27.4. The van der Waals surface area contributed by atoms with Gasteiger partial charge >= 0.3 is 0 Å². The van der Waals surface area contributed by atoms with Gasteiger partial charge in [0.15, 0.2) is 5.13 Å². The number of carbonyl (C=O) groups excluding carboxylic acids is 1. The number of aryl methyl sites for hydroxylation is 1. The van der Waals surface area contributed by atoms with Crippen LogP contribution in [0.15, 0.2) is 46.0 Å². The lowest BCUT2D eigenvalue weighted by atomic mass is 10.2. The van der Waals surface area contributed by atoms with E-state index in [0.717, 1.165) is 22.6 Å². The maximum absolute atomic E-state index is 13.0. The fourth-order valence-corrected chi connectivity index (χ4v) is 6.19. The molecule has 3 aromatic rings. The van der Waals surface area contributed by atoms with Crippen molar-refractivity contribution in [1.82, 2.24) is 9.29 Å². The van der Waals surface area contributed by atoms with E-state index in [2.05, 4.69) is 10.3 Å². The zero-order chi connectivity index (χ0) is 19.7. The SMILES string of the molecule is CCc1ccc(S(=O)(=O)N2CCc3nc(NC(=O)c4ccsc4)sc3C2)cc1. The van der Waals surface area contributed by atoms with Gasteiger partial charge in [0.2, 0.25) is 10.0 Å². The minimum absolute atomic E-state index is 0.201. The highest BCUT2D eigenvalue weighted by atomic mass is 32.2. The average Bonchev–Trinajstić information content (AvgIpc) is 3.36. The second kappa shape index (κ2) is 7.75. The Labute approximate surface area is 171 Å². The van der Waals surface area contributed by atoms with Gasteiger partial charge in [0.1, 0.15) is 0 Å². The fourth-order valence-electron chi connectivity index (χ4n) is 3.04. The van der Waals surface area contributed by atoms with Crippen molar-refractivity contribution in [3.63, 3.8) is 0 Å². The highest BCUT2D eigenvalue weighted by Gasteiger charge is 2.30. The van der Waals surface area contributed by atoms with Gasteiger partial charge in [0, 0.05) is 23.2 Å². The lowest BCUT2D eigenvalue weighted by Crippen LogP contribution is -2.35. The van der Waals surface area contributed by atoms with Crippen LogP contribution in [0.2, 0.25) is 0 Å². The Hall–Kier alpha value is -2.07. The van der Waals surface area contributed by atoms with Crippen molar-refractivity contribution in [2.45, 2.75) is 31.2 Å². The third-order valence-electron chi connectivity index (χ3n) is 4.67. The number of benzene rings is 1. The normalized spacial score (nSPS) is 14.6. The molecule has 146 valence electrons. The van der Waals surface area contributed by atoms with Crippen molar-refractivity contribution in [2.75, 3.05) is 11.9 Å². The number of sulfonamides is 1. The Bertz CT molecular complexity index is 1090. The average molecular weight is 434 g/mol. The summed E-state index contributed by atoms with van der Waals surface area (Å²) in [6, 6.07) is 8.80. The molecule has 28 heavy (non-hydrogen) atoms. The first-order valence-electron chi connectivity index (χ1n) is 8.88. The third-order valence-corrected chi connectivity index (χ3v) is 8.21. The van der Waals surface area contributed by atoms with Gasteiger partial charge in [-0.3, -0.25) is 10.1 Å². The van der Waals surface area contributed by atoms with Gasteiger partial charge in [-0.25, -0.2) is 13.4 Å². The van der Waals surface area contributed by atoms with Crippen LogP contribution in [0.5, 0.6) is 0 Å². The van der Waals surface area contributed by atoms with Gasteiger partial charge in [-0.05, 0) is 35.6 Å². The highest BCUT2D eigenvalue weighted by molar-refractivity contribution is 7.89. The molecule has 0 saturated carbocycles. The first kappa shape index (κ1) is 19.3. The van der Waals surface area contributed by atoms with Crippen LogP contribution in [0.3, 0.4) is 0 Å². The number of fused-ring (bicyclic) bond motifs is 1. The Morgan fingerprint density at radius 2 is 2.04 bits per heavy atom. The molecule has 0 bridgehead atoms. The molecule has 0 spiro atoms. The third kappa shape index (κ3) is 3.75. The van der Waals surface area contributed by atoms with E-state index in [9.17, 15) is 13.2 Å². The van der Waals surface area contributed by atoms with Crippen LogP contribution < -0.4 is 5.32 Å². The molecule has 3 heterocycles. The highest BCUT2D eigenvalue weighted by Crippen LogP contribution is 2.31. The van der Waals surface area contributed by atoms with Crippen LogP contribution in [0.1, 0.15) is 33.4 Å². The molecular formula is C19H19N3O3S3. The number of amides is 1. The minimum Gasteiger partial charge on any atom is -0.298 e. The molecule has 1 aromatic carbocycles. The fraction of sp³-hybridized carbons (Fsp3) is 0.263. The quantitative estimate of drug-likeness (QED) is 0.664. The van der Waals surface area contributed by atoms with E-state index < -0.39 is 10.0 Å². The van der Waals surface area contributed by atoms with Gasteiger partial charge in [-0.15, -0.1) is 11.3 Å². The zero-order valence-corrected chi connectivity index (χ0v) is 17.7. The van der Waals surface area contributed by atoms with Gasteiger partial charge < -0.3 is 0 Å². The largest absolute Gasteiger partial charge is 0.298 e. The van der Waals surface area contributed by atoms with Crippen LogP contribution in [-0.2, 0) is 29.4 Å². The molecule has 1 amide bonds. The van der Waals surface area contributed by atoms with Gasteiger partial charge in [0.25, 0.3) is 5.91 Å². The number of hydrogen-bond donors (Lipinski definition) is 1. The Morgan fingerprint density at radius 1 is 1.25 bits per heavy atom. The van der Waals surface area contributed by atoms with Gasteiger partial charge in [-0.2, -0.15) is 15.6 Å².